The zero-order chi connectivity index (χ0) is 10.8. The fraction of sp³-hybridized carbons (Fsp3) is 0.571. The first-order valence-electron chi connectivity index (χ1n) is 3.88. The van der Waals surface area contributed by atoms with E-state index in [-0.39, 0.29) is 21.9 Å². The molecule has 0 unspecified atom stereocenters. The van der Waals surface area contributed by atoms with Crippen LogP contribution in [0.3, 0.4) is 0 Å². The molecule has 78 valence electrons. The van der Waals surface area contributed by atoms with Crippen LogP contribution in [-0.4, -0.2) is 33.4 Å². The normalized spacial score (nSPS) is 11.4. The van der Waals surface area contributed by atoms with Gasteiger partial charge in [0.2, 0.25) is 9.47 Å². The summed E-state index contributed by atoms with van der Waals surface area (Å²) in [5, 5.41) is 19.1. The van der Waals surface area contributed by atoms with Crippen molar-refractivity contribution in [1.82, 2.24) is 15.5 Å². The summed E-state index contributed by atoms with van der Waals surface area (Å²) in [4.78, 5) is 11.3. The standard InChI is InChI=1S/C7H10ClN3O2S/c1-7(2,13)3-9-4(12)5-10-11-6(8)14-5/h13H,3H2,1-2H3,(H,9,12). The smallest absolute Gasteiger partial charge is 0.282 e. The maximum absolute atomic E-state index is 11.3. The first-order valence-corrected chi connectivity index (χ1v) is 5.07. The molecular weight excluding hydrogens is 226 g/mol. The average molecular weight is 236 g/mol. The van der Waals surface area contributed by atoms with Gasteiger partial charge < -0.3 is 10.4 Å². The van der Waals surface area contributed by atoms with Crippen LogP contribution in [0.5, 0.6) is 0 Å². The van der Waals surface area contributed by atoms with Crippen LogP contribution >= 0.6 is 22.9 Å². The quantitative estimate of drug-likeness (QED) is 0.809. The fourth-order valence-electron chi connectivity index (χ4n) is 0.669. The molecule has 0 saturated heterocycles. The molecule has 0 atom stereocenters. The van der Waals surface area contributed by atoms with Crippen molar-refractivity contribution in [2.75, 3.05) is 6.54 Å². The lowest BCUT2D eigenvalue weighted by molar-refractivity contribution is 0.0694. The molecule has 1 aromatic rings. The van der Waals surface area contributed by atoms with Crippen LogP contribution < -0.4 is 5.32 Å². The predicted molar refractivity (Wildman–Crippen MR) is 53.6 cm³/mol. The zero-order valence-electron chi connectivity index (χ0n) is 7.74. The van der Waals surface area contributed by atoms with Crippen molar-refractivity contribution in [2.24, 2.45) is 0 Å². The zero-order valence-corrected chi connectivity index (χ0v) is 9.32. The Morgan fingerprint density at radius 1 is 1.64 bits per heavy atom. The Morgan fingerprint density at radius 3 is 2.71 bits per heavy atom. The van der Waals surface area contributed by atoms with E-state index < -0.39 is 5.60 Å². The molecule has 1 rings (SSSR count). The van der Waals surface area contributed by atoms with Crippen molar-refractivity contribution in [3.63, 3.8) is 0 Å². The summed E-state index contributed by atoms with van der Waals surface area (Å²) in [6.07, 6.45) is 0. The molecule has 0 aromatic carbocycles. The lowest BCUT2D eigenvalue weighted by Crippen LogP contribution is -2.38. The molecule has 0 fully saturated rings. The Morgan fingerprint density at radius 2 is 2.29 bits per heavy atom. The van der Waals surface area contributed by atoms with E-state index >= 15 is 0 Å². The van der Waals surface area contributed by atoms with Crippen molar-refractivity contribution < 1.29 is 9.90 Å². The van der Waals surface area contributed by atoms with Crippen molar-refractivity contribution in [1.29, 1.82) is 0 Å². The highest BCUT2D eigenvalue weighted by Crippen LogP contribution is 2.14. The summed E-state index contributed by atoms with van der Waals surface area (Å²) in [5.41, 5.74) is -0.940. The van der Waals surface area contributed by atoms with Gasteiger partial charge in [-0.3, -0.25) is 4.79 Å². The molecule has 0 saturated carbocycles. The Balaban J connectivity index is 2.52. The van der Waals surface area contributed by atoms with Gasteiger partial charge in [0.25, 0.3) is 5.91 Å². The van der Waals surface area contributed by atoms with Crippen molar-refractivity contribution in [3.05, 3.63) is 9.47 Å². The minimum Gasteiger partial charge on any atom is -0.389 e. The van der Waals surface area contributed by atoms with Crippen LogP contribution in [-0.2, 0) is 0 Å². The van der Waals surface area contributed by atoms with Crippen LogP contribution in [0.2, 0.25) is 4.47 Å². The molecule has 0 aliphatic carbocycles. The monoisotopic (exact) mass is 235 g/mol. The highest BCUT2D eigenvalue weighted by Gasteiger charge is 2.17. The molecule has 2 N–H and O–H groups in total. The summed E-state index contributed by atoms with van der Waals surface area (Å²) < 4.78 is 0.221. The molecule has 0 radical (unpaired) electrons. The van der Waals surface area contributed by atoms with Gasteiger partial charge in [-0.1, -0.05) is 11.3 Å². The van der Waals surface area contributed by atoms with Gasteiger partial charge in [-0.15, -0.1) is 10.2 Å². The van der Waals surface area contributed by atoms with E-state index in [1.54, 1.807) is 13.8 Å². The summed E-state index contributed by atoms with van der Waals surface area (Å²) in [6, 6.07) is 0. The molecule has 1 aromatic heterocycles. The number of carbonyl (C=O) groups is 1. The number of rotatable bonds is 3. The third kappa shape index (κ3) is 3.57. The molecule has 1 heterocycles. The third-order valence-electron chi connectivity index (χ3n) is 1.28. The number of nitrogens with zero attached hydrogens (tertiary/aromatic N) is 2. The number of aliphatic hydroxyl groups is 1. The van der Waals surface area contributed by atoms with Crippen LogP contribution in [0.1, 0.15) is 23.6 Å². The highest BCUT2D eigenvalue weighted by atomic mass is 35.5. The largest absolute Gasteiger partial charge is 0.389 e. The van der Waals surface area contributed by atoms with E-state index in [1.807, 2.05) is 0 Å². The number of carbonyl (C=O) groups excluding carboxylic acids is 1. The van der Waals surface area contributed by atoms with Crippen LogP contribution in [0, 0.1) is 0 Å². The molecular formula is C7H10ClN3O2S. The maximum atomic E-state index is 11.3. The Bertz CT molecular complexity index is 334. The molecule has 7 heteroatoms. The first kappa shape index (κ1) is 11.4. The predicted octanol–water partition coefficient (Wildman–Crippen LogP) is 0.692. The third-order valence-corrected chi connectivity index (χ3v) is 2.29. The number of hydrogen-bond acceptors (Lipinski definition) is 5. The summed E-state index contributed by atoms with van der Waals surface area (Å²) in [5.74, 6) is -0.378. The van der Waals surface area contributed by atoms with E-state index in [2.05, 4.69) is 15.5 Å². The molecule has 0 spiro atoms. The van der Waals surface area contributed by atoms with Crippen LogP contribution in [0.15, 0.2) is 0 Å². The SMILES string of the molecule is CC(C)(O)CNC(=O)c1nnc(Cl)s1. The van der Waals surface area contributed by atoms with E-state index in [1.165, 1.54) is 0 Å². The van der Waals surface area contributed by atoms with Gasteiger partial charge in [-0.05, 0) is 25.4 Å². The van der Waals surface area contributed by atoms with E-state index in [9.17, 15) is 9.90 Å². The lowest BCUT2D eigenvalue weighted by atomic mass is 10.1. The molecule has 14 heavy (non-hydrogen) atoms. The van der Waals surface area contributed by atoms with E-state index in [0.717, 1.165) is 11.3 Å². The number of nitrogens with one attached hydrogen (secondary N) is 1. The second-order valence-corrected chi connectivity index (χ2v) is 4.91. The highest BCUT2D eigenvalue weighted by molar-refractivity contribution is 7.17. The lowest BCUT2D eigenvalue weighted by Gasteiger charge is -2.16. The molecule has 0 aliphatic rings. The Hall–Kier alpha value is -0.720. The van der Waals surface area contributed by atoms with Crippen LogP contribution in [0.25, 0.3) is 0 Å². The van der Waals surface area contributed by atoms with Crippen molar-refractivity contribution >= 4 is 28.8 Å². The first-order chi connectivity index (χ1) is 6.38. The van der Waals surface area contributed by atoms with Gasteiger partial charge in [0, 0.05) is 6.54 Å². The molecule has 1 amide bonds. The van der Waals surface area contributed by atoms with Gasteiger partial charge in [-0.2, -0.15) is 0 Å². The van der Waals surface area contributed by atoms with Crippen LogP contribution in [0.4, 0.5) is 0 Å². The van der Waals surface area contributed by atoms with Gasteiger partial charge in [0.05, 0.1) is 5.60 Å². The van der Waals surface area contributed by atoms with Crippen molar-refractivity contribution in [2.45, 2.75) is 19.4 Å². The maximum Gasteiger partial charge on any atom is 0.282 e. The number of hydrogen-bond donors (Lipinski definition) is 2. The van der Waals surface area contributed by atoms with E-state index in [4.69, 9.17) is 11.6 Å². The van der Waals surface area contributed by atoms with E-state index in [0.29, 0.717) is 0 Å². The summed E-state index contributed by atoms with van der Waals surface area (Å²) >= 11 is 6.51. The summed E-state index contributed by atoms with van der Waals surface area (Å²) in [7, 11) is 0. The van der Waals surface area contributed by atoms with Gasteiger partial charge in [0.1, 0.15) is 0 Å². The Kier molecular flexibility index (Phi) is 3.41. The molecule has 0 aliphatic heterocycles. The topological polar surface area (TPSA) is 75.1 Å². The second-order valence-electron chi connectivity index (χ2n) is 3.36. The fourth-order valence-corrected chi connectivity index (χ4v) is 1.41. The second kappa shape index (κ2) is 4.20. The summed E-state index contributed by atoms with van der Waals surface area (Å²) in [6.45, 7) is 3.35. The minimum absolute atomic E-state index is 0.156. The molecule has 5 nitrogen and oxygen atoms in total. The van der Waals surface area contributed by atoms with Gasteiger partial charge >= 0.3 is 0 Å². The van der Waals surface area contributed by atoms with Gasteiger partial charge in [0.15, 0.2) is 0 Å². The molecule has 0 bridgehead atoms. The number of amides is 1. The minimum atomic E-state index is -0.940. The Labute approximate surface area is 90.1 Å². The average Bonchev–Trinajstić information content (AvgIpc) is 2.46. The number of aromatic nitrogens is 2. The number of halogens is 1. The van der Waals surface area contributed by atoms with Crippen molar-refractivity contribution in [3.8, 4) is 0 Å². The van der Waals surface area contributed by atoms with Gasteiger partial charge in [-0.25, -0.2) is 0 Å².